The molecule has 18 heavy (non-hydrogen) atoms. The van der Waals surface area contributed by atoms with Crippen LogP contribution in [0.5, 0.6) is 0 Å². The zero-order valence-corrected chi connectivity index (χ0v) is 10.9. The Kier molecular flexibility index (Phi) is 2.76. The van der Waals surface area contributed by atoms with E-state index in [1.807, 2.05) is 19.9 Å². The van der Waals surface area contributed by atoms with Gasteiger partial charge in [0, 0.05) is 5.41 Å². The van der Waals surface area contributed by atoms with Gasteiger partial charge in [-0.1, -0.05) is 25.4 Å². The van der Waals surface area contributed by atoms with Crippen LogP contribution in [0.1, 0.15) is 26.7 Å². The van der Waals surface area contributed by atoms with Crippen LogP contribution < -0.4 is 10.6 Å². The summed E-state index contributed by atoms with van der Waals surface area (Å²) in [6.45, 7) is 3.83. The first-order valence-corrected chi connectivity index (χ1v) is 6.21. The molecule has 2 N–H and O–H groups in total. The molecule has 1 fully saturated rings. The second-order valence-corrected chi connectivity index (χ2v) is 4.95. The van der Waals surface area contributed by atoms with Crippen molar-refractivity contribution in [1.82, 2.24) is 10.6 Å². The molecule has 1 saturated heterocycles. The summed E-state index contributed by atoms with van der Waals surface area (Å²) >= 11 is 5.99. The molecule has 2 rings (SSSR count). The summed E-state index contributed by atoms with van der Waals surface area (Å²) in [5.41, 5.74) is -2.08. The molecule has 2 bridgehead atoms. The lowest BCUT2D eigenvalue weighted by Gasteiger charge is -2.44. The first-order valence-electron chi connectivity index (χ1n) is 5.83. The second kappa shape index (κ2) is 3.90. The van der Waals surface area contributed by atoms with Crippen LogP contribution in [0.15, 0.2) is 10.7 Å². The van der Waals surface area contributed by atoms with E-state index in [1.165, 1.54) is 0 Å². The van der Waals surface area contributed by atoms with Crippen LogP contribution in [0.25, 0.3) is 0 Å². The van der Waals surface area contributed by atoms with Crippen LogP contribution in [0, 0.1) is 33.5 Å². The van der Waals surface area contributed by atoms with E-state index in [0.29, 0.717) is 12.8 Å². The van der Waals surface area contributed by atoms with Crippen LogP contribution in [0.2, 0.25) is 0 Å². The standard InChI is InChI=1S/C12H13ClN4O/c1-3-11(4-2)9-16-8(13)7(5-14)12(11,6-15)10(18)17-9/h9,16H,3-4H2,1-2H3,(H,17,18)/t9-,12+/m0/s1. The van der Waals surface area contributed by atoms with Crippen molar-refractivity contribution < 1.29 is 4.79 Å². The molecule has 2 aliphatic rings. The van der Waals surface area contributed by atoms with E-state index < -0.39 is 22.9 Å². The van der Waals surface area contributed by atoms with E-state index in [-0.39, 0.29) is 10.7 Å². The van der Waals surface area contributed by atoms with Gasteiger partial charge in [0.15, 0.2) is 5.41 Å². The Morgan fingerprint density at radius 2 is 1.94 bits per heavy atom. The van der Waals surface area contributed by atoms with Crippen LogP contribution in [-0.2, 0) is 4.79 Å². The number of nitriles is 2. The summed E-state index contributed by atoms with van der Waals surface area (Å²) in [5, 5.41) is 24.6. The lowest BCUT2D eigenvalue weighted by Crippen LogP contribution is -2.55. The quantitative estimate of drug-likeness (QED) is 0.737. The second-order valence-electron chi connectivity index (χ2n) is 4.58. The molecule has 2 heterocycles. The zero-order chi connectivity index (χ0) is 13.6. The third kappa shape index (κ3) is 1.08. The Morgan fingerprint density at radius 1 is 1.33 bits per heavy atom. The van der Waals surface area contributed by atoms with E-state index in [2.05, 4.69) is 16.7 Å². The monoisotopic (exact) mass is 264 g/mol. The first kappa shape index (κ1) is 12.7. The van der Waals surface area contributed by atoms with E-state index in [1.54, 1.807) is 0 Å². The fourth-order valence-electron chi connectivity index (χ4n) is 3.26. The highest BCUT2D eigenvalue weighted by atomic mass is 35.5. The molecule has 0 radical (unpaired) electrons. The Morgan fingerprint density at radius 3 is 2.39 bits per heavy atom. The Balaban J connectivity index is 2.81. The summed E-state index contributed by atoms with van der Waals surface area (Å²) in [6.07, 6.45) is 0.801. The lowest BCUT2D eigenvalue weighted by molar-refractivity contribution is -0.125. The minimum Gasteiger partial charge on any atom is -0.354 e. The van der Waals surface area contributed by atoms with Crippen molar-refractivity contribution in [2.24, 2.45) is 10.8 Å². The van der Waals surface area contributed by atoms with Gasteiger partial charge in [0.1, 0.15) is 17.4 Å². The molecule has 94 valence electrons. The van der Waals surface area contributed by atoms with E-state index in [4.69, 9.17) is 11.6 Å². The Labute approximate surface area is 110 Å². The lowest BCUT2D eigenvalue weighted by atomic mass is 9.57. The predicted octanol–water partition coefficient (Wildman–Crippen LogP) is 1.34. The van der Waals surface area contributed by atoms with Crippen molar-refractivity contribution in [3.8, 4) is 12.1 Å². The number of nitrogens with one attached hydrogen (secondary N) is 2. The van der Waals surface area contributed by atoms with Crippen molar-refractivity contribution in [3.05, 3.63) is 10.7 Å². The molecule has 0 unspecified atom stereocenters. The molecule has 5 nitrogen and oxygen atoms in total. The van der Waals surface area contributed by atoms with Crippen molar-refractivity contribution in [3.63, 3.8) is 0 Å². The maximum Gasteiger partial charge on any atom is 0.248 e. The summed E-state index contributed by atoms with van der Waals surface area (Å²) in [4.78, 5) is 12.2. The number of amides is 1. The van der Waals surface area contributed by atoms with Crippen molar-refractivity contribution in [2.45, 2.75) is 32.9 Å². The Hall–Kier alpha value is -1.72. The first-order chi connectivity index (χ1) is 8.53. The fraction of sp³-hybridized carbons (Fsp3) is 0.583. The average Bonchev–Trinajstić information content (AvgIpc) is 2.53. The third-order valence-electron chi connectivity index (χ3n) is 4.32. The highest BCUT2D eigenvalue weighted by Gasteiger charge is 2.69. The van der Waals surface area contributed by atoms with Gasteiger partial charge in [-0.3, -0.25) is 4.79 Å². The van der Waals surface area contributed by atoms with Crippen LogP contribution in [-0.4, -0.2) is 12.1 Å². The normalized spacial score (nSPS) is 32.3. The number of hydrogen-bond acceptors (Lipinski definition) is 4. The van der Waals surface area contributed by atoms with Gasteiger partial charge in [-0.15, -0.1) is 0 Å². The van der Waals surface area contributed by atoms with Gasteiger partial charge in [0.25, 0.3) is 0 Å². The van der Waals surface area contributed by atoms with Gasteiger partial charge in [0.05, 0.1) is 11.6 Å². The zero-order valence-electron chi connectivity index (χ0n) is 10.2. The van der Waals surface area contributed by atoms with Crippen molar-refractivity contribution in [2.75, 3.05) is 0 Å². The fourth-order valence-corrected chi connectivity index (χ4v) is 3.55. The highest BCUT2D eigenvalue weighted by Crippen LogP contribution is 2.58. The molecular formula is C12H13ClN4O. The summed E-state index contributed by atoms with van der Waals surface area (Å²) in [5.74, 6) is -0.432. The molecule has 0 spiro atoms. The van der Waals surface area contributed by atoms with Gasteiger partial charge in [0.2, 0.25) is 5.91 Å². The average molecular weight is 265 g/mol. The number of carbonyl (C=O) groups is 1. The van der Waals surface area contributed by atoms with Crippen LogP contribution >= 0.6 is 11.6 Å². The highest BCUT2D eigenvalue weighted by molar-refractivity contribution is 6.30. The van der Waals surface area contributed by atoms with Gasteiger partial charge in [-0.2, -0.15) is 10.5 Å². The molecule has 0 aromatic carbocycles. The van der Waals surface area contributed by atoms with Crippen LogP contribution in [0.3, 0.4) is 0 Å². The smallest absolute Gasteiger partial charge is 0.248 e. The number of nitrogens with zero attached hydrogens (tertiary/aromatic N) is 2. The summed E-state index contributed by atoms with van der Waals surface area (Å²) in [6, 6.07) is 3.99. The maximum atomic E-state index is 12.2. The third-order valence-corrected chi connectivity index (χ3v) is 4.62. The molecule has 0 aromatic heterocycles. The molecule has 0 aliphatic carbocycles. The van der Waals surface area contributed by atoms with E-state index in [9.17, 15) is 15.3 Å². The van der Waals surface area contributed by atoms with Gasteiger partial charge >= 0.3 is 0 Å². The molecular weight excluding hydrogens is 252 g/mol. The number of hydrogen-bond donors (Lipinski definition) is 2. The molecule has 1 amide bonds. The van der Waals surface area contributed by atoms with Crippen LogP contribution in [0.4, 0.5) is 0 Å². The Bertz CT molecular complexity index is 523. The van der Waals surface area contributed by atoms with E-state index in [0.717, 1.165) is 0 Å². The van der Waals surface area contributed by atoms with Gasteiger partial charge in [-0.25, -0.2) is 0 Å². The predicted molar refractivity (Wildman–Crippen MR) is 64.6 cm³/mol. The molecule has 0 saturated carbocycles. The minimum absolute atomic E-state index is 0.0293. The number of fused-ring (bicyclic) bond motifs is 2. The van der Waals surface area contributed by atoms with Gasteiger partial charge < -0.3 is 10.6 Å². The van der Waals surface area contributed by atoms with E-state index >= 15 is 0 Å². The number of halogens is 1. The van der Waals surface area contributed by atoms with Gasteiger partial charge in [-0.05, 0) is 12.8 Å². The molecule has 2 atom stereocenters. The minimum atomic E-state index is -1.47. The molecule has 6 heteroatoms. The number of rotatable bonds is 2. The van der Waals surface area contributed by atoms with Crippen molar-refractivity contribution >= 4 is 17.5 Å². The van der Waals surface area contributed by atoms with Crippen molar-refractivity contribution in [1.29, 1.82) is 10.5 Å². The topological polar surface area (TPSA) is 88.7 Å². The summed E-state index contributed by atoms with van der Waals surface area (Å²) < 4.78 is 0. The number of carbonyl (C=O) groups excluding carboxylic acids is 1. The maximum absolute atomic E-state index is 12.2. The largest absolute Gasteiger partial charge is 0.354 e. The molecule has 2 aliphatic heterocycles. The molecule has 0 aromatic rings. The summed E-state index contributed by atoms with van der Waals surface area (Å²) in [7, 11) is 0. The SMILES string of the molecule is CCC1(CC)[C@@H]2NC(=O)[C@@]1(C#N)C(C#N)=C(Cl)N2.